The number of thioether (sulfide) groups is 1. The Kier molecular flexibility index (Phi) is 6.08. The molecule has 0 aliphatic carbocycles. The summed E-state index contributed by atoms with van der Waals surface area (Å²) in [5, 5.41) is 7.10. The lowest BCUT2D eigenvalue weighted by atomic mass is 10.3. The van der Waals surface area contributed by atoms with Gasteiger partial charge in [-0.25, -0.2) is 9.37 Å². The fraction of sp³-hybridized carbons (Fsp3) is 0.150. The van der Waals surface area contributed by atoms with Gasteiger partial charge in [-0.05, 0) is 53.6 Å². The molecule has 29 heavy (non-hydrogen) atoms. The van der Waals surface area contributed by atoms with Gasteiger partial charge in [0.2, 0.25) is 5.91 Å². The molecular formula is C20H16FN3O2S3. The number of nitrogens with one attached hydrogen (secondary N) is 1. The van der Waals surface area contributed by atoms with E-state index in [1.54, 1.807) is 15.9 Å². The summed E-state index contributed by atoms with van der Waals surface area (Å²) < 4.78 is 15.3. The van der Waals surface area contributed by atoms with Gasteiger partial charge in [-0.15, -0.1) is 22.7 Å². The van der Waals surface area contributed by atoms with E-state index in [4.69, 9.17) is 0 Å². The van der Waals surface area contributed by atoms with E-state index in [1.165, 1.54) is 52.2 Å². The van der Waals surface area contributed by atoms with Crippen LogP contribution in [0.3, 0.4) is 0 Å². The monoisotopic (exact) mass is 445 g/mol. The third-order valence-electron chi connectivity index (χ3n) is 4.15. The Hall–Kier alpha value is -2.49. The molecule has 0 fully saturated rings. The highest BCUT2D eigenvalue weighted by Crippen LogP contribution is 2.22. The van der Waals surface area contributed by atoms with Crippen LogP contribution in [0.4, 0.5) is 10.1 Å². The van der Waals surface area contributed by atoms with E-state index < -0.39 is 0 Å². The lowest BCUT2D eigenvalue weighted by Gasteiger charge is -2.11. The Bertz CT molecular complexity index is 1180. The number of benzene rings is 1. The van der Waals surface area contributed by atoms with Gasteiger partial charge in [0.15, 0.2) is 5.16 Å². The van der Waals surface area contributed by atoms with Gasteiger partial charge in [0.25, 0.3) is 5.56 Å². The van der Waals surface area contributed by atoms with E-state index >= 15 is 0 Å². The second-order valence-corrected chi connectivity index (χ2v) is 9.05. The summed E-state index contributed by atoms with van der Waals surface area (Å²) in [6, 6.07) is 11.4. The predicted octanol–water partition coefficient (Wildman–Crippen LogP) is 4.63. The number of fused-ring (bicyclic) bond motifs is 1. The number of amides is 1. The molecule has 4 aromatic rings. The van der Waals surface area contributed by atoms with E-state index in [-0.39, 0.29) is 23.0 Å². The third-order valence-corrected chi connectivity index (χ3v) is 6.96. The largest absolute Gasteiger partial charge is 0.325 e. The lowest BCUT2D eigenvalue weighted by molar-refractivity contribution is -0.113. The molecule has 3 heterocycles. The highest BCUT2D eigenvalue weighted by atomic mass is 32.2. The van der Waals surface area contributed by atoms with Crippen LogP contribution in [-0.2, 0) is 17.8 Å². The van der Waals surface area contributed by atoms with E-state index in [0.29, 0.717) is 27.6 Å². The molecule has 148 valence electrons. The molecule has 4 rings (SSSR count). The molecule has 3 aromatic heterocycles. The molecule has 0 aliphatic rings. The molecule has 0 radical (unpaired) electrons. The maximum atomic E-state index is 13.0. The van der Waals surface area contributed by atoms with Crippen molar-refractivity contribution < 1.29 is 9.18 Å². The number of halogens is 1. The zero-order valence-corrected chi connectivity index (χ0v) is 17.6. The molecule has 9 heteroatoms. The van der Waals surface area contributed by atoms with Gasteiger partial charge in [-0.1, -0.05) is 17.8 Å². The predicted molar refractivity (Wildman–Crippen MR) is 118 cm³/mol. The summed E-state index contributed by atoms with van der Waals surface area (Å²) in [5.41, 5.74) is 1.09. The smallest absolute Gasteiger partial charge is 0.272 e. The van der Waals surface area contributed by atoms with Gasteiger partial charge in [0.1, 0.15) is 10.5 Å². The fourth-order valence-electron chi connectivity index (χ4n) is 2.77. The maximum Gasteiger partial charge on any atom is 0.272 e. The second kappa shape index (κ2) is 8.89. The zero-order valence-electron chi connectivity index (χ0n) is 15.1. The summed E-state index contributed by atoms with van der Waals surface area (Å²) in [6.45, 7) is 0.502. The van der Waals surface area contributed by atoms with Crippen molar-refractivity contribution in [2.75, 3.05) is 11.1 Å². The van der Waals surface area contributed by atoms with Crippen LogP contribution >= 0.6 is 34.4 Å². The van der Waals surface area contributed by atoms with Crippen molar-refractivity contribution >= 4 is 56.2 Å². The van der Waals surface area contributed by atoms with Crippen molar-refractivity contribution in [1.29, 1.82) is 0 Å². The molecule has 5 nitrogen and oxygen atoms in total. The van der Waals surface area contributed by atoms with Crippen LogP contribution < -0.4 is 10.9 Å². The number of hydrogen-bond donors (Lipinski definition) is 1. The topological polar surface area (TPSA) is 64.0 Å². The first-order chi connectivity index (χ1) is 14.1. The highest BCUT2D eigenvalue weighted by molar-refractivity contribution is 7.99. The Morgan fingerprint density at radius 2 is 1.97 bits per heavy atom. The van der Waals surface area contributed by atoms with Crippen LogP contribution in [0.15, 0.2) is 63.2 Å². The number of aryl methyl sites for hydroxylation is 1. The van der Waals surface area contributed by atoms with Crippen molar-refractivity contribution in [1.82, 2.24) is 9.55 Å². The molecule has 0 aliphatic heterocycles. The number of anilines is 1. The molecule has 1 aromatic carbocycles. The molecular weight excluding hydrogens is 429 g/mol. The fourth-order valence-corrected chi connectivity index (χ4v) is 5.07. The third kappa shape index (κ3) is 4.75. The van der Waals surface area contributed by atoms with Crippen LogP contribution in [0.25, 0.3) is 10.2 Å². The zero-order chi connectivity index (χ0) is 20.2. The number of carbonyl (C=O) groups excluding carboxylic acids is 1. The summed E-state index contributed by atoms with van der Waals surface area (Å²) in [5.74, 6) is -0.509. The van der Waals surface area contributed by atoms with Gasteiger partial charge in [0.05, 0.1) is 11.3 Å². The van der Waals surface area contributed by atoms with Crippen molar-refractivity contribution in [3.63, 3.8) is 0 Å². The number of hydrogen-bond acceptors (Lipinski definition) is 6. The number of carbonyl (C=O) groups is 1. The first-order valence-corrected chi connectivity index (χ1v) is 11.5. The van der Waals surface area contributed by atoms with Crippen LogP contribution in [0, 0.1) is 5.82 Å². The molecule has 0 saturated carbocycles. The highest BCUT2D eigenvalue weighted by Gasteiger charge is 2.14. The van der Waals surface area contributed by atoms with Crippen molar-refractivity contribution in [2.24, 2.45) is 0 Å². The van der Waals surface area contributed by atoms with Crippen LogP contribution in [-0.4, -0.2) is 21.2 Å². The van der Waals surface area contributed by atoms with Crippen molar-refractivity contribution in [3.05, 3.63) is 74.3 Å². The standard InChI is InChI=1S/C20H16FN3O2S3/c21-13-3-5-14(6-4-13)22-17(25)12-29-20-23-16-8-11-28-18(16)19(26)24(20)9-7-15-2-1-10-27-15/h1-6,8,10-11H,7,9,12H2,(H,22,25). The molecule has 0 bridgehead atoms. The maximum absolute atomic E-state index is 13.0. The Morgan fingerprint density at radius 3 is 2.72 bits per heavy atom. The average molecular weight is 446 g/mol. The quantitative estimate of drug-likeness (QED) is 0.333. The minimum absolute atomic E-state index is 0.0806. The molecule has 0 unspecified atom stereocenters. The summed E-state index contributed by atoms with van der Waals surface area (Å²) >= 11 is 4.24. The van der Waals surface area contributed by atoms with Crippen LogP contribution in [0.5, 0.6) is 0 Å². The van der Waals surface area contributed by atoms with Gasteiger partial charge >= 0.3 is 0 Å². The molecule has 0 atom stereocenters. The van der Waals surface area contributed by atoms with E-state index in [1.807, 2.05) is 29.0 Å². The van der Waals surface area contributed by atoms with Crippen molar-refractivity contribution in [3.8, 4) is 0 Å². The van der Waals surface area contributed by atoms with Gasteiger partial charge < -0.3 is 5.32 Å². The first-order valence-electron chi connectivity index (χ1n) is 8.79. The van der Waals surface area contributed by atoms with Crippen LogP contribution in [0.2, 0.25) is 0 Å². The van der Waals surface area contributed by atoms with Gasteiger partial charge in [0, 0.05) is 17.1 Å². The minimum Gasteiger partial charge on any atom is -0.325 e. The summed E-state index contributed by atoms with van der Waals surface area (Å²) in [7, 11) is 0. The Balaban J connectivity index is 1.51. The SMILES string of the molecule is O=C(CSc1nc2ccsc2c(=O)n1CCc1cccs1)Nc1ccc(F)cc1. The number of thiophene rings is 2. The Labute approximate surface area is 178 Å². The lowest BCUT2D eigenvalue weighted by Crippen LogP contribution is -2.24. The van der Waals surface area contributed by atoms with E-state index in [2.05, 4.69) is 10.3 Å². The Morgan fingerprint density at radius 1 is 1.14 bits per heavy atom. The normalized spacial score (nSPS) is 11.1. The first kappa shape index (κ1) is 19.8. The van der Waals surface area contributed by atoms with Crippen LogP contribution in [0.1, 0.15) is 4.88 Å². The average Bonchev–Trinajstić information content (AvgIpc) is 3.39. The van der Waals surface area contributed by atoms with Gasteiger partial charge in [-0.2, -0.15) is 0 Å². The van der Waals surface area contributed by atoms with E-state index in [0.717, 1.165) is 6.42 Å². The van der Waals surface area contributed by atoms with Crippen molar-refractivity contribution in [2.45, 2.75) is 18.1 Å². The molecule has 0 spiro atoms. The summed E-state index contributed by atoms with van der Waals surface area (Å²) in [6.07, 6.45) is 0.728. The summed E-state index contributed by atoms with van der Waals surface area (Å²) in [4.78, 5) is 31.0. The molecule has 0 saturated heterocycles. The molecule has 1 N–H and O–H groups in total. The van der Waals surface area contributed by atoms with Gasteiger partial charge in [-0.3, -0.25) is 14.2 Å². The minimum atomic E-state index is -0.361. The molecule has 1 amide bonds. The second-order valence-electron chi connectivity index (χ2n) is 6.16. The number of nitrogens with zero attached hydrogens (tertiary/aromatic N) is 2. The number of aromatic nitrogens is 2. The van der Waals surface area contributed by atoms with E-state index in [9.17, 15) is 14.0 Å². The number of rotatable bonds is 7.